The first-order chi connectivity index (χ1) is 9.31. The van der Waals surface area contributed by atoms with Crippen molar-refractivity contribution in [2.45, 2.75) is 70.3 Å². The Morgan fingerprint density at radius 2 is 1.70 bits per heavy atom. The van der Waals surface area contributed by atoms with Gasteiger partial charge in [0.1, 0.15) is 16.1 Å². The second-order valence-corrected chi connectivity index (χ2v) is 8.85. The molecule has 2 aliphatic rings. The summed E-state index contributed by atoms with van der Waals surface area (Å²) in [6, 6.07) is 0. The summed E-state index contributed by atoms with van der Waals surface area (Å²) in [5.74, 6) is -0.338. The van der Waals surface area contributed by atoms with Crippen molar-refractivity contribution in [2.24, 2.45) is 9.81 Å². The minimum Gasteiger partial charge on any atom is -0.591 e. The smallest absolute Gasteiger partial charge is 0.168 e. The molecule has 0 N–H and O–H groups in total. The second kappa shape index (κ2) is 5.95. The first-order valence-corrected chi connectivity index (χ1v) is 8.67. The van der Waals surface area contributed by atoms with Gasteiger partial charge in [-0.1, -0.05) is 11.3 Å². The van der Waals surface area contributed by atoms with Gasteiger partial charge in [-0.25, -0.2) is 0 Å². The van der Waals surface area contributed by atoms with Crippen LogP contribution in [0.25, 0.3) is 0 Å². The number of hydrogen-bond donors (Lipinski definition) is 0. The van der Waals surface area contributed by atoms with Gasteiger partial charge in [-0.05, 0) is 40.0 Å². The summed E-state index contributed by atoms with van der Waals surface area (Å²) in [6.45, 7) is 9.46. The van der Waals surface area contributed by atoms with Gasteiger partial charge in [-0.15, -0.1) is 0 Å². The van der Waals surface area contributed by atoms with E-state index in [1.165, 1.54) is 0 Å². The average Bonchev–Trinajstić information content (AvgIpc) is 2.86. The molecule has 1 unspecified atom stereocenters. The van der Waals surface area contributed by atoms with Gasteiger partial charge in [0.05, 0.1) is 19.4 Å². The fourth-order valence-corrected chi connectivity index (χ4v) is 3.44. The molecular formula is C15H27NO3S. The van der Waals surface area contributed by atoms with Crippen LogP contribution in [0.2, 0.25) is 0 Å². The molecule has 5 heteroatoms. The van der Waals surface area contributed by atoms with Gasteiger partial charge in [0.2, 0.25) is 0 Å². The van der Waals surface area contributed by atoms with Crippen molar-refractivity contribution in [3.05, 3.63) is 0 Å². The minimum atomic E-state index is -1.17. The zero-order valence-corrected chi connectivity index (χ0v) is 13.9. The average molecular weight is 301 g/mol. The normalized spacial score (nSPS) is 27.2. The van der Waals surface area contributed by atoms with E-state index in [0.717, 1.165) is 32.1 Å². The Balaban J connectivity index is 1.99. The maximum absolute atomic E-state index is 12.1. The van der Waals surface area contributed by atoms with Gasteiger partial charge in [0, 0.05) is 18.3 Å². The van der Waals surface area contributed by atoms with Crippen LogP contribution in [-0.2, 0) is 20.8 Å². The standard InChI is InChI=1S/C15H27NO3S/c1-5-14(12-16-20(17)13(2,3)4)6-8-15(9-7-14)18-10-11-19-15/h12H,5-11H2,1-4H3. The molecule has 2 fully saturated rings. The van der Waals surface area contributed by atoms with Crippen LogP contribution in [0.4, 0.5) is 0 Å². The summed E-state index contributed by atoms with van der Waals surface area (Å²) in [7, 11) is 0. The summed E-state index contributed by atoms with van der Waals surface area (Å²) < 4.78 is 27.7. The molecule has 1 saturated carbocycles. The Morgan fingerprint density at radius 1 is 1.15 bits per heavy atom. The minimum absolute atomic E-state index is 0.0570. The molecule has 4 nitrogen and oxygen atoms in total. The van der Waals surface area contributed by atoms with Crippen molar-refractivity contribution in [1.29, 1.82) is 0 Å². The largest absolute Gasteiger partial charge is 0.591 e. The van der Waals surface area contributed by atoms with Crippen LogP contribution in [0.15, 0.2) is 4.40 Å². The van der Waals surface area contributed by atoms with Crippen LogP contribution in [0, 0.1) is 5.41 Å². The summed E-state index contributed by atoms with van der Waals surface area (Å²) in [5.41, 5.74) is 0.0570. The van der Waals surface area contributed by atoms with E-state index in [1.807, 2.05) is 27.0 Å². The Kier molecular flexibility index (Phi) is 4.84. The van der Waals surface area contributed by atoms with Crippen molar-refractivity contribution in [3.8, 4) is 0 Å². The van der Waals surface area contributed by atoms with Crippen LogP contribution in [-0.4, -0.2) is 34.5 Å². The van der Waals surface area contributed by atoms with E-state index in [4.69, 9.17) is 9.47 Å². The SMILES string of the molecule is CCC1(C=N[S+]([O-])C(C)(C)C)CCC2(CC1)OCCO2. The Morgan fingerprint density at radius 3 is 2.15 bits per heavy atom. The molecule has 0 aromatic rings. The third-order valence-electron chi connectivity index (χ3n) is 4.47. The molecule has 1 atom stereocenters. The van der Waals surface area contributed by atoms with Gasteiger partial charge in [0.25, 0.3) is 0 Å². The molecule has 0 amide bonds. The molecule has 20 heavy (non-hydrogen) atoms. The molecule has 0 aromatic carbocycles. The fourth-order valence-electron chi connectivity index (χ4n) is 2.81. The monoisotopic (exact) mass is 301 g/mol. The number of ether oxygens (including phenoxy) is 2. The Hall–Kier alpha value is -0.100. The van der Waals surface area contributed by atoms with Crippen molar-refractivity contribution in [1.82, 2.24) is 0 Å². The molecule has 1 aliphatic heterocycles. The number of nitrogens with zero attached hydrogens (tertiary/aromatic N) is 1. The lowest BCUT2D eigenvalue weighted by Crippen LogP contribution is -2.40. The van der Waals surface area contributed by atoms with Crippen LogP contribution < -0.4 is 0 Å². The summed E-state index contributed by atoms with van der Waals surface area (Å²) >= 11 is -1.17. The quantitative estimate of drug-likeness (QED) is 0.594. The van der Waals surface area contributed by atoms with Crippen LogP contribution >= 0.6 is 0 Å². The summed E-state index contributed by atoms with van der Waals surface area (Å²) in [5, 5.41) is 0. The molecule has 1 spiro atoms. The number of rotatable bonds is 3. The van der Waals surface area contributed by atoms with Crippen LogP contribution in [0.5, 0.6) is 0 Å². The van der Waals surface area contributed by atoms with Gasteiger partial charge in [-0.2, -0.15) is 0 Å². The number of hydrogen-bond acceptors (Lipinski definition) is 4. The Bertz CT molecular complexity index is 349. The zero-order valence-electron chi connectivity index (χ0n) is 13.1. The molecule has 0 bridgehead atoms. The van der Waals surface area contributed by atoms with E-state index in [1.54, 1.807) is 0 Å². The highest BCUT2D eigenvalue weighted by Crippen LogP contribution is 2.45. The highest BCUT2D eigenvalue weighted by atomic mass is 32.2. The molecule has 1 saturated heterocycles. The molecular weight excluding hydrogens is 274 g/mol. The molecule has 0 radical (unpaired) electrons. The van der Waals surface area contributed by atoms with Gasteiger partial charge in [-0.3, -0.25) is 0 Å². The molecule has 1 aliphatic carbocycles. The van der Waals surface area contributed by atoms with Gasteiger partial charge >= 0.3 is 0 Å². The molecule has 1 heterocycles. The topological polar surface area (TPSA) is 53.9 Å². The first-order valence-electron chi connectivity index (χ1n) is 7.56. The molecule has 2 rings (SSSR count). The lowest BCUT2D eigenvalue weighted by Gasteiger charge is -2.41. The van der Waals surface area contributed by atoms with Crippen molar-refractivity contribution in [2.75, 3.05) is 13.2 Å². The molecule has 116 valence electrons. The molecule has 0 aromatic heterocycles. The van der Waals surface area contributed by atoms with Gasteiger partial charge in [0.15, 0.2) is 5.79 Å². The third kappa shape index (κ3) is 3.56. The predicted molar refractivity (Wildman–Crippen MR) is 82.2 cm³/mol. The summed E-state index contributed by atoms with van der Waals surface area (Å²) in [6.07, 6.45) is 6.79. The van der Waals surface area contributed by atoms with Gasteiger partial charge < -0.3 is 14.0 Å². The maximum Gasteiger partial charge on any atom is 0.168 e. The third-order valence-corrected chi connectivity index (χ3v) is 5.82. The zero-order chi connectivity index (χ0) is 14.9. The van der Waals surface area contributed by atoms with Crippen molar-refractivity contribution >= 4 is 17.6 Å². The summed E-state index contributed by atoms with van der Waals surface area (Å²) in [4.78, 5) is 0. The predicted octanol–water partition coefficient (Wildman–Crippen LogP) is 3.23. The van der Waals surface area contributed by atoms with E-state index in [2.05, 4.69) is 11.3 Å². The van der Waals surface area contributed by atoms with Crippen molar-refractivity contribution in [3.63, 3.8) is 0 Å². The van der Waals surface area contributed by atoms with Crippen LogP contribution in [0.3, 0.4) is 0 Å². The van der Waals surface area contributed by atoms with Crippen molar-refractivity contribution < 1.29 is 14.0 Å². The highest BCUT2D eigenvalue weighted by Gasteiger charge is 2.45. The maximum atomic E-state index is 12.1. The van der Waals surface area contributed by atoms with E-state index >= 15 is 0 Å². The highest BCUT2D eigenvalue weighted by molar-refractivity contribution is 7.91. The Labute approximate surface area is 125 Å². The van der Waals surface area contributed by atoms with E-state index in [9.17, 15) is 4.55 Å². The first kappa shape index (κ1) is 16.3. The van der Waals surface area contributed by atoms with E-state index in [0.29, 0.717) is 13.2 Å². The lowest BCUT2D eigenvalue weighted by molar-refractivity contribution is -0.186. The fraction of sp³-hybridized carbons (Fsp3) is 0.933. The lowest BCUT2D eigenvalue weighted by atomic mass is 9.71. The van der Waals surface area contributed by atoms with E-state index in [-0.39, 0.29) is 15.9 Å². The van der Waals surface area contributed by atoms with E-state index < -0.39 is 11.4 Å². The second-order valence-electron chi connectivity index (χ2n) is 6.92. The van der Waals surface area contributed by atoms with Crippen LogP contribution in [0.1, 0.15) is 59.8 Å².